The number of hydrogen-bond donors (Lipinski definition) is 2. The molecule has 0 amide bonds. The van der Waals surface area contributed by atoms with Crippen molar-refractivity contribution in [3.05, 3.63) is 0 Å². The second-order valence-electron chi connectivity index (χ2n) is 5.90. The van der Waals surface area contributed by atoms with Crippen LogP contribution in [-0.4, -0.2) is 50.6 Å². The predicted molar refractivity (Wildman–Crippen MR) is 88.3 cm³/mol. The Balaban J connectivity index is 2.09. The second kappa shape index (κ2) is 11.0. The molecule has 0 aromatic rings. The quantitative estimate of drug-likeness (QED) is 0.388. The van der Waals surface area contributed by atoms with Gasteiger partial charge in [-0.25, -0.2) is 0 Å². The molecule has 0 aromatic heterocycles. The van der Waals surface area contributed by atoms with Crippen LogP contribution in [0, 0.1) is 5.92 Å². The molecule has 1 unspecified atom stereocenters. The van der Waals surface area contributed by atoms with Crippen LogP contribution in [0.4, 0.5) is 0 Å². The molecular weight excluding hydrogens is 248 g/mol. The van der Waals surface area contributed by atoms with E-state index in [4.69, 9.17) is 0 Å². The van der Waals surface area contributed by atoms with Gasteiger partial charge in [-0.05, 0) is 38.3 Å². The minimum atomic E-state index is 0.778. The number of nitrogens with zero attached hydrogens (tertiary/aromatic N) is 2. The van der Waals surface area contributed by atoms with E-state index in [1.807, 2.05) is 7.05 Å². The van der Waals surface area contributed by atoms with Crippen molar-refractivity contribution < 1.29 is 0 Å². The van der Waals surface area contributed by atoms with Gasteiger partial charge in [-0.3, -0.25) is 4.99 Å². The zero-order valence-electron chi connectivity index (χ0n) is 13.7. The van der Waals surface area contributed by atoms with E-state index < -0.39 is 0 Å². The van der Waals surface area contributed by atoms with Crippen molar-refractivity contribution in [2.45, 2.75) is 52.4 Å². The highest BCUT2D eigenvalue weighted by Crippen LogP contribution is 2.15. The summed E-state index contributed by atoms with van der Waals surface area (Å²) in [6.45, 7) is 10.4. The number of hydrogen-bond acceptors (Lipinski definition) is 2. The molecule has 0 radical (unpaired) electrons. The average molecular weight is 282 g/mol. The first-order chi connectivity index (χ1) is 9.80. The molecule has 4 nitrogen and oxygen atoms in total. The molecule has 1 rings (SSSR count). The Kier molecular flexibility index (Phi) is 9.46. The Morgan fingerprint density at radius 2 is 2.00 bits per heavy atom. The van der Waals surface area contributed by atoms with Crippen LogP contribution < -0.4 is 10.6 Å². The van der Waals surface area contributed by atoms with Crippen LogP contribution in [0.1, 0.15) is 52.4 Å². The molecular formula is C16H34N4. The molecule has 2 N–H and O–H groups in total. The van der Waals surface area contributed by atoms with Gasteiger partial charge in [-0.1, -0.05) is 33.1 Å². The topological polar surface area (TPSA) is 39.7 Å². The predicted octanol–water partition coefficient (Wildman–Crippen LogP) is 2.46. The molecule has 0 saturated carbocycles. The van der Waals surface area contributed by atoms with Gasteiger partial charge in [0.1, 0.15) is 0 Å². The molecule has 0 aliphatic carbocycles. The zero-order valence-corrected chi connectivity index (χ0v) is 13.7. The number of nitrogens with one attached hydrogen (secondary N) is 2. The molecule has 1 aliphatic heterocycles. The number of unbranched alkanes of at least 4 members (excludes halogenated alkanes) is 3. The second-order valence-corrected chi connectivity index (χ2v) is 5.90. The molecule has 1 atom stereocenters. The minimum Gasteiger partial charge on any atom is -0.356 e. The summed E-state index contributed by atoms with van der Waals surface area (Å²) < 4.78 is 0. The van der Waals surface area contributed by atoms with Gasteiger partial charge >= 0.3 is 0 Å². The van der Waals surface area contributed by atoms with Crippen LogP contribution in [0.25, 0.3) is 0 Å². The summed E-state index contributed by atoms with van der Waals surface area (Å²) in [5, 5.41) is 6.89. The van der Waals surface area contributed by atoms with Crippen molar-refractivity contribution in [1.82, 2.24) is 15.5 Å². The van der Waals surface area contributed by atoms with Gasteiger partial charge in [0.15, 0.2) is 5.96 Å². The molecule has 1 heterocycles. The first kappa shape index (κ1) is 17.3. The van der Waals surface area contributed by atoms with Gasteiger partial charge < -0.3 is 15.5 Å². The van der Waals surface area contributed by atoms with Gasteiger partial charge in [0, 0.05) is 26.7 Å². The van der Waals surface area contributed by atoms with Crippen molar-refractivity contribution in [3.8, 4) is 0 Å². The summed E-state index contributed by atoms with van der Waals surface area (Å²) in [6.07, 6.45) is 7.77. The molecule has 1 fully saturated rings. The van der Waals surface area contributed by atoms with Crippen molar-refractivity contribution >= 4 is 5.96 Å². The van der Waals surface area contributed by atoms with Crippen LogP contribution in [0.2, 0.25) is 0 Å². The van der Waals surface area contributed by atoms with Crippen LogP contribution in [0.15, 0.2) is 4.99 Å². The average Bonchev–Trinajstić information content (AvgIpc) is 2.90. The number of aliphatic imine (C=N–C) groups is 1. The zero-order chi connectivity index (χ0) is 14.6. The van der Waals surface area contributed by atoms with Crippen LogP contribution in [0.5, 0.6) is 0 Å². The maximum atomic E-state index is 4.30. The summed E-state index contributed by atoms with van der Waals surface area (Å²) >= 11 is 0. The fourth-order valence-electron chi connectivity index (χ4n) is 2.82. The van der Waals surface area contributed by atoms with Gasteiger partial charge in [-0.15, -0.1) is 0 Å². The molecule has 118 valence electrons. The number of guanidine groups is 1. The lowest BCUT2D eigenvalue weighted by Crippen LogP contribution is -2.40. The fraction of sp³-hybridized carbons (Fsp3) is 0.938. The third-order valence-corrected chi connectivity index (χ3v) is 4.01. The number of rotatable bonds is 9. The maximum Gasteiger partial charge on any atom is 0.190 e. The van der Waals surface area contributed by atoms with E-state index in [0.717, 1.165) is 25.0 Å². The van der Waals surface area contributed by atoms with Crippen LogP contribution in [0.3, 0.4) is 0 Å². The summed E-state index contributed by atoms with van der Waals surface area (Å²) in [4.78, 5) is 6.88. The highest BCUT2D eigenvalue weighted by Gasteiger charge is 2.21. The van der Waals surface area contributed by atoms with E-state index in [2.05, 4.69) is 34.4 Å². The largest absolute Gasteiger partial charge is 0.356 e. The van der Waals surface area contributed by atoms with Crippen molar-refractivity contribution in [2.24, 2.45) is 10.9 Å². The van der Waals surface area contributed by atoms with Crippen molar-refractivity contribution in [2.75, 3.05) is 39.8 Å². The molecule has 20 heavy (non-hydrogen) atoms. The molecule has 1 saturated heterocycles. The SMILES string of the molecule is CCCCCCNC(=NC)NCC1CCN(CCC)C1. The lowest BCUT2D eigenvalue weighted by atomic mass is 10.1. The third-order valence-electron chi connectivity index (χ3n) is 4.01. The first-order valence-corrected chi connectivity index (χ1v) is 8.47. The van der Waals surface area contributed by atoms with Gasteiger partial charge in [0.2, 0.25) is 0 Å². The summed E-state index contributed by atoms with van der Waals surface area (Å²) in [6, 6.07) is 0. The molecule has 1 aliphatic rings. The fourth-order valence-corrected chi connectivity index (χ4v) is 2.82. The highest BCUT2D eigenvalue weighted by atomic mass is 15.2. The Labute approximate surface area is 125 Å². The maximum absolute atomic E-state index is 4.30. The first-order valence-electron chi connectivity index (χ1n) is 8.47. The lowest BCUT2D eigenvalue weighted by molar-refractivity contribution is 0.324. The van der Waals surface area contributed by atoms with Gasteiger partial charge in [0.05, 0.1) is 0 Å². The molecule has 4 heteroatoms. The van der Waals surface area contributed by atoms with E-state index in [-0.39, 0.29) is 0 Å². The number of likely N-dealkylation sites (tertiary alicyclic amines) is 1. The Bertz CT molecular complexity index is 265. The van der Waals surface area contributed by atoms with Crippen molar-refractivity contribution in [1.29, 1.82) is 0 Å². The van der Waals surface area contributed by atoms with Crippen molar-refractivity contribution in [3.63, 3.8) is 0 Å². The third kappa shape index (κ3) is 7.13. The molecule has 0 aromatic carbocycles. The minimum absolute atomic E-state index is 0.778. The van der Waals surface area contributed by atoms with Gasteiger partial charge in [-0.2, -0.15) is 0 Å². The summed E-state index contributed by atoms with van der Waals surface area (Å²) in [5.74, 6) is 1.75. The Morgan fingerprint density at radius 1 is 1.15 bits per heavy atom. The monoisotopic (exact) mass is 282 g/mol. The van der Waals surface area contributed by atoms with E-state index in [1.165, 1.54) is 58.2 Å². The van der Waals surface area contributed by atoms with Crippen LogP contribution >= 0.6 is 0 Å². The Morgan fingerprint density at radius 3 is 2.70 bits per heavy atom. The lowest BCUT2D eigenvalue weighted by Gasteiger charge is -2.17. The molecule has 0 spiro atoms. The normalized spacial score (nSPS) is 20.4. The van der Waals surface area contributed by atoms with Gasteiger partial charge in [0.25, 0.3) is 0 Å². The standard InChI is InChI=1S/C16H34N4/c1-4-6-7-8-10-18-16(17-3)19-13-15-9-12-20(14-15)11-5-2/h15H,4-14H2,1-3H3,(H2,17,18,19). The smallest absolute Gasteiger partial charge is 0.190 e. The van der Waals surface area contributed by atoms with E-state index in [0.29, 0.717) is 0 Å². The van der Waals surface area contributed by atoms with E-state index in [1.54, 1.807) is 0 Å². The Hall–Kier alpha value is -0.770. The summed E-state index contributed by atoms with van der Waals surface area (Å²) in [5.41, 5.74) is 0. The summed E-state index contributed by atoms with van der Waals surface area (Å²) in [7, 11) is 1.86. The van der Waals surface area contributed by atoms with E-state index in [9.17, 15) is 0 Å². The van der Waals surface area contributed by atoms with Crippen LogP contribution in [-0.2, 0) is 0 Å². The van der Waals surface area contributed by atoms with E-state index >= 15 is 0 Å². The molecule has 0 bridgehead atoms. The highest BCUT2D eigenvalue weighted by molar-refractivity contribution is 5.79.